The second-order valence-corrected chi connectivity index (χ2v) is 10.7. The van der Waals surface area contributed by atoms with Gasteiger partial charge in [-0.3, -0.25) is 9.80 Å². The average molecular weight is 580 g/mol. The molecule has 0 bridgehead atoms. The molecule has 13 heteroatoms. The number of amides is 1. The first-order valence-corrected chi connectivity index (χ1v) is 13.5. The third-order valence-electron chi connectivity index (χ3n) is 7.27. The molecule has 1 amide bonds. The van der Waals surface area contributed by atoms with E-state index in [2.05, 4.69) is 22.2 Å². The van der Waals surface area contributed by atoms with E-state index in [0.29, 0.717) is 31.8 Å². The van der Waals surface area contributed by atoms with Crippen LogP contribution in [0, 0.1) is 17.7 Å². The summed E-state index contributed by atoms with van der Waals surface area (Å²) in [6, 6.07) is 2.28. The van der Waals surface area contributed by atoms with Gasteiger partial charge in [0, 0.05) is 30.3 Å². The SMILES string of the molecule is COC(=O)c1cc(Oc2ncc(CN3CCN=N3)cc2C(F)(F)F)c(F)cc1N(C(=O)C1CCC(C)CC1)C(C)C. The number of ether oxygens (including phenoxy) is 2. The molecule has 2 aromatic rings. The molecular formula is C28H33F4N5O4. The molecule has 0 atom stereocenters. The quantitative estimate of drug-likeness (QED) is 0.259. The number of carbonyl (C=O) groups is 2. The Morgan fingerprint density at radius 2 is 1.85 bits per heavy atom. The van der Waals surface area contributed by atoms with Crippen LogP contribution in [0.1, 0.15) is 67.9 Å². The number of hydrogen-bond acceptors (Lipinski definition) is 8. The molecule has 41 heavy (non-hydrogen) atoms. The van der Waals surface area contributed by atoms with Crippen LogP contribution in [0.4, 0.5) is 23.2 Å². The van der Waals surface area contributed by atoms with Crippen LogP contribution >= 0.6 is 0 Å². The molecule has 9 nitrogen and oxygen atoms in total. The van der Waals surface area contributed by atoms with Gasteiger partial charge in [-0.2, -0.15) is 18.3 Å². The van der Waals surface area contributed by atoms with Gasteiger partial charge < -0.3 is 14.4 Å². The molecule has 2 heterocycles. The van der Waals surface area contributed by atoms with Crippen molar-refractivity contribution < 1.29 is 36.6 Å². The number of anilines is 1. The Bertz CT molecular complexity index is 1310. The highest BCUT2D eigenvalue weighted by atomic mass is 19.4. The van der Waals surface area contributed by atoms with Crippen LogP contribution in [0.3, 0.4) is 0 Å². The number of benzene rings is 1. The van der Waals surface area contributed by atoms with Crippen LogP contribution in [0.25, 0.3) is 0 Å². The fraction of sp³-hybridized carbons (Fsp3) is 0.536. The summed E-state index contributed by atoms with van der Waals surface area (Å²) >= 11 is 0. The van der Waals surface area contributed by atoms with Gasteiger partial charge in [0.25, 0.3) is 0 Å². The Morgan fingerprint density at radius 1 is 1.15 bits per heavy atom. The summed E-state index contributed by atoms with van der Waals surface area (Å²) in [6.45, 7) is 6.54. The molecule has 0 radical (unpaired) electrons. The van der Waals surface area contributed by atoms with Gasteiger partial charge >= 0.3 is 12.1 Å². The first-order valence-electron chi connectivity index (χ1n) is 13.5. The number of aromatic nitrogens is 1. The first kappa shape index (κ1) is 30.2. The maximum Gasteiger partial charge on any atom is 0.421 e. The number of carbonyl (C=O) groups excluding carboxylic acids is 2. The van der Waals surface area contributed by atoms with E-state index in [0.717, 1.165) is 38.2 Å². The summed E-state index contributed by atoms with van der Waals surface area (Å²) in [6.07, 6.45) is -0.599. The molecule has 0 N–H and O–H groups in total. The van der Waals surface area contributed by atoms with Crippen LogP contribution in [-0.4, -0.2) is 48.1 Å². The second-order valence-electron chi connectivity index (χ2n) is 10.7. The third kappa shape index (κ3) is 6.94. The largest absolute Gasteiger partial charge is 0.465 e. The lowest BCUT2D eigenvalue weighted by Crippen LogP contribution is -2.43. The van der Waals surface area contributed by atoms with Crippen molar-refractivity contribution in [3.63, 3.8) is 0 Å². The minimum Gasteiger partial charge on any atom is -0.465 e. The van der Waals surface area contributed by atoms with Crippen molar-refractivity contribution in [3.8, 4) is 11.6 Å². The van der Waals surface area contributed by atoms with Gasteiger partial charge in [0.15, 0.2) is 11.6 Å². The zero-order valence-electron chi connectivity index (χ0n) is 23.4. The Kier molecular flexibility index (Phi) is 9.13. The van der Waals surface area contributed by atoms with Crippen LogP contribution in [0.2, 0.25) is 0 Å². The van der Waals surface area contributed by atoms with E-state index in [9.17, 15) is 22.8 Å². The highest BCUT2D eigenvalue weighted by Gasteiger charge is 2.37. The highest BCUT2D eigenvalue weighted by Crippen LogP contribution is 2.40. The Labute approximate surface area is 235 Å². The highest BCUT2D eigenvalue weighted by molar-refractivity contribution is 6.04. The van der Waals surface area contributed by atoms with E-state index >= 15 is 4.39 Å². The van der Waals surface area contributed by atoms with Crippen LogP contribution < -0.4 is 9.64 Å². The molecule has 1 fully saturated rings. The van der Waals surface area contributed by atoms with Gasteiger partial charge in [-0.1, -0.05) is 12.1 Å². The van der Waals surface area contributed by atoms with Gasteiger partial charge in [0.05, 0.1) is 38.0 Å². The van der Waals surface area contributed by atoms with E-state index in [4.69, 9.17) is 9.47 Å². The van der Waals surface area contributed by atoms with Crippen LogP contribution in [0.15, 0.2) is 34.7 Å². The number of hydrogen-bond donors (Lipinski definition) is 0. The standard InChI is InChI=1S/C28H33F4N5O4/c1-16(2)37(26(38)19-7-5-17(3)6-8-19)23-13-22(29)24(12-20(23)27(39)40-4)41-25-21(28(30,31)32)11-18(14-33-25)15-36-10-9-34-35-36/h11-14,16-17,19H,5-10,15H2,1-4H3. The van der Waals surface area contributed by atoms with E-state index in [1.54, 1.807) is 13.8 Å². The third-order valence-corrected chi connectivity index (χ3v) is 7.27. The summed E-state index contributed by atoms with van der Waals surface area (Å²) in [7, 11) is 1.11. The van der Waals surface area contributed by atoms with Crippen LogP contribution in [0.5, 0.6) is 11.6 Å². The van der Waals surface area contributed by atoms with E-state index in [1.807, 2.05) is 0 Å². The molecule has 1 aromatic heterocycles. The predicted octanol–water partition coefficient (Wildman–Crippen LogP) is 6.57. The molecular weight excluding hydrogens is 546 g/mol. The maximum absolute atomic E-state index is 15.5. The van der Waals surface area contributed by atoms with Crippen molar-refractivity contribution in [2.75, 3.05) is 25.1 Å². The fourth-order valence-corrected chi connectivity index (χ4v) is 5.08. The topological polar surface area (TPSA) is 96.7 Å². The smallest absolute Gasteiger partial charge is 0.421 e. The molecule has 4 rings (SSSR count). The molecule has 222 valence electrons. The number of methoxy groups -OCH3 is 1. The first-order chi connectivity index (χ1) is 19.4. The van der Waals surface area contributed by atoms with Crippen LogP contribution in [-0.2, 0) is 22.3 Å². The molecule has 1 aliphatic heterocycles. The molecule has 1 saturated carbocycles. The van der Waals surface area contributed by atoms with Gasteiger partial charge in [0.2, 0.25) is 11.8 Å². The zero-order valence-corrected chi connectivity index (χ0v) is 23.4. The minimum atomic E-state index is -4.87. The van der Waals surface area contributed by atoms with Gasteiger partial charge in [-0.25, -0.2) is 14.2 Å². The number of esters is 1. The maximum atomic E-state index is 15.5. The minimum absolute atomic E-state index is 0.0422. The number of nitrogens with zero attached hydrogens (tertiary/aromatic N) is 5. The van der Waals surface area contributed by atoms with Gasteiger partial charge in [-0.05, 0) is 57.1 Å². The normalized spacial score (nSPS) is 19.0. The van der Waals surface area contributed by atoms with Crippen molar-refractivity contribution in [3.05, 3.63) is 46.9 Å². The second kappa shape index (κ2) is 12.4. The summed E-state index contributed by atoms with van der Waals surface area (Å²) in [5.74, 6) is -3.58. The van der Waals surface area contributed by atoms with Crippen molar-refractivity contribution in [2.24, 2.45) is 22.2 Å². The molecule has 1 aromatic carbocycles. The molecule has 0 unspecified atom stereocenters. The number of rotatable bonds is 8. The average Bonchev–Trinajstić information content (AvgIpc) is 3.43. The molecule has 2 aliphatic rings. The fourth-order valence-electron chi connectivity index (χ4n) is 5.08. The summed E-state index contributed by atoms with van der Waals surface area (Å²) in [4.78, 5) is 31.5. The van der Waals surface area contributed by atoms with Crippen molar-refractivity contribution in [1.82, 2.24) is 9.99 Å². The van der Waals surface area contributed by atoms with Crippen molar-refractivity contribution >= 4 is 17.6 Å². The zero-order chi connectivity index (χ0) is 29.9. The monoisotopic (exact) mass is 579 g/mol. The summed E-state index contributed by atoms with van der Waals surface area (Å²) < 4.78 is 67.6. The Morgan fingerprint density at radius 3 is 2.44 bits per heavy atom. The van der Waals surface area contributed by atoms with Gasteiger partial charge in [-0.15, -0.1) is 0 Å². The predicted molar refractivity (Wildman–Crippen MR) is 141 cm³/mol. The molecule has 0 spiro atoms. The molecule has 0 saturated heterocycles. The van der Waals surface area contributed by atoms with E-state index in [-0.39, 0.29) is 35.2 Å². The van der Waals surface area contributed by atoms with Gasteiger partial charge in [0.1, 0.15) is 5.56 Å². The van der Waals surface area contributed by atoms with E-state index in [1.165, 1.54) is 16.1 Å². The number of alkyl halides is 3. The summed E-state index contributed by atoms with van der Waals surface area (Å²) in [5, 5.41) is 9.12. The van der Waals surface area contributed by atoms with Crippen molar-refractivity contribution in [2.45, 2.75) is 65.2 Å². The summed E-state index contributed by atoms with van der Waals surface area (Å²) in [5.41, 5.74) is -1.28. The number of pyridine rings is 1. The lowest BCUT2D eigenvalue weighted by atomic mass is 9.82. The lowest BCUT2D eigenvalue weighted by Gasteiger charge is -2.34. The van der Waals surface area contributed by atoms with Crippen molar-refractivity contribution in [1.29, 1.82) is 0 Å². The Balaban J connectivity index is 1.70. The molecule has 1 aliphatic carbocycles. The number of halogens is 4. The Hall–Kier alpha value is -3.77. The van der Waals surface area contributed by atoms with E-state index < -0.39 is 41.2 Å². The lowest BCUT2D eigenvalue weighted by molar-refractivity contribution is -0.139.